The summed E-state index contributed by atoms with van der Waals surface area (Å²) in [6.45, 7) is 2.65. The molecule has 7 heteroatoms. The summed E-state index contributed by atoms with van der Waals surface area (Å²) in [7, 11) is 0. The predicted molar refractivity (Wildman–Crippen MR) is 110 cm³/mol. The van der Waals surface area contributed by atoms with Crippen molar-refractivity contribution >= 4 is 23.7 Å². The van der Waals surface area contributed by atoms with E-state index in [1.54, 1.807) is 49.4 Å². The Morgan fingerprint density at radius 3 is 2.33 bits per heavy atom. The first-order chi connectivity index (χ1) is 14.3. The lowest BCUT2D eigenvalue weighted by Crippen LogP contribution is -2.41. The average Bonchev–Trinajstić information content (AvgIpc) is 2.97. The maximum absolute atomic E-state index is 12.8. The number of hydrogen-bond acceptors (Lipinski definition) is 5. The van der Waals surface area contributed by atoms with Gasteiger partial charge >= 0.3 is 12.0 Å². The zero-order valence-electron chi connectivity index (χ0n) is 17.0. The Labute approximate surface area is 175 Å². The van der Waals surface area contributed by atoms with Gasteiger partial charge in [0.2, 0.25) is 0 Å². The standard InChI is InChI=1S/C23H24N2O5/c1-3-7-16-10-12-17(13-11-16)19(26)15-30-20(27)14-25-21(28)23(2,24-22(25)29)18-8-5-4-6-9-18/h4-6,8-13H,3,7,14-15H2,1-2H3,(H,24,29)/t23-/m0/s1. The van der Waals surface area contributed by atoms with Gasteiger partial charge in [-0.05, 0) is 24.5 Å². The van der Waals surface area contributed by atoms with E-state index in [4.69, 9.17) is 4.74 Å². The van der Waals surface area contributed by atoms with E-state index in [1.165, 1.54) is 0 Å². The van der Waals surface area contributed by atoms with E-state index in [0.29, 0.717) is 11.1 Å². The molecule has 0 bridgehead atoms. The van der Waals surface area contributed by atoms with Crippen molar-refractivity contribution in [3.63, 3.8) is 0 Å². The Bertz CT molecular complexity index is 955. The number of carbonyl (C=O) groups is 4. The Balaban J connectivity index is 1.57. The van der Waals surface area contributed by atoms with Crippen molar-refractivity contribution in [1.82, 2.24) is 10.2 Å². The number of hydrogen-bond donors (Lipinski definition) is 1. The predicted octanol–water partition coefficient (Wildman–Crippen LogP) is 2.83. The molecule has 3 amide bonds. The minimum absolute atomic E-state index is 0.349. The number of nitrogens with one attached hydrogen (secondary N) is 1. The fraction of sp³-hybridized carbons (Fsp3) is 0.304. The van der Waals surface area contributed by atoms with Crippen LogP contribution in [0.2, 0.25) is 0 Å². The highest BCUT2D eigenvalue weighted by atomic mass is 16.5. The molecular formula is C23H24N2O5. The van der Waals surface area contributed by atoms with Crippen LogP contribution < -0.4 is 5.32 Å². The van der Waals surface area contributed by atoms with E-state index in [9.17, 15) is 19.2 Å². The molecule has 0 aromatic heterocycles. The second kappa shape index (κ2) is 8.90. The van der Waals surface area contributed by atoms with Crippen molar-refractivity contribution in [1.29, 1.82) is 0 Å². The van der Waals surface area contributed by atoms with E-state index in [0.717, 1.165) is 23.3 Å². The number of rotatable bonds is 8. The van der Waals surface area contributed by atoms with Crippen LogP contribution in [-0.2, 0) is 26.3 Å². The summed E-state index contributed by atoms with van der Waals surface area (Å²) >= 11 is 0. The summed E-state index contributed by atoms with van der Waals surface area (Å²) in [5.74, 6) is -1.72. The van der Waals surface area contributed by atoms with Gasteiger partial charge in [0.25, 0.3) is 5.91 Å². The summed E-state index contributed by atoms with van der Waals surface area (Å²) in [6, 6.07) is 15.2. The molecule has 2 aromatic rings. The number of benzene rings is 2. The van der Waals surface area contributed by atoms with Crippen molar-refractivity contribution in [2.24, 2.45) is 0 Å². The van der Waals surface area contributed by atoms with Crippen molar-refractivity contribution < 1.29 is 23.9 Å². The Morgan fingerprint density at radius 1 is 1.03 bits per heavy atom. The van der Waals surface area contributed by atoms with Gasteiger partial charge < -0.3 is 10.1 Å². The first kappa shape index (κ1) is 21.2. The third-order valence-electron chi connectivity index (χ3n) is 5.09. The van der Waals surface area contributed by atoms with Gasteiger partial charge in [-0.25, -0.2) is 4.79 Å². The molecule has 1 aliphatic rings. The molecule has 30 heavy (non-hydrogen) atoms. The molecule has 0 spiro atoms. The third kappa shape index (κ3) is 4.40. The van der Waals surface area contributed by atoms with Crippen LogP contribution in [0.3, 0.4) is 0 Å². The lowest BCUT2D eigenvalue weighted by atomic mass is 9.92. The number of ketones is 1. The van der Waals surface area contributed by atoms with Crippen molar-refractivity contribution in [2.45, 2.75) is 32.2 Å². The van der Waals surface area contributed by atoms with Gasteiger partial charge in [-0.3, -0.25) is 19.3 Å². The molecule has 7 nitrogen and oxygen atoms in total. The van der Waals surface area contributed by atoms with Gasteiger partial charge in [-0.15, -0.1) is 0 Å². The fourth-order valence-corrected chi connectivity index (χ4v) is 3.36. The topological polar surface area (TPSA) is 92.8 Å². The van der Waals surface area contributed by atoms with Crippen LogP contribution in [0.4, 0.5) is 4.79 Å². The molecule has 2 aromatic carbocycles. The number of amides is 3. The van der Waals surface area contributed by atoms with Crippen LogP contribution in [-0.4, -0.2) is 41.7 Å². The quantitative estimate of drug-likeness (QED) is 0.412. The number of Topliss-reactive ketones (excluding diaryl/α,β-unsaturated/α-hetero) is 1. The zero-order chi connectivity index (χ0) is 21.7. The van der Waals surface area contributed by atoms with Gasteiger partial charge in [-0.1, -0.05) is 67.9 Å². The van der Waals surface area contributed by atoms with Gasteiger partial charge in [0.1, 0.15) is 12.1 Å². The van der Waals surface area contributed by atoms with Crippen LogP contribution in [0, 0.1) is 0 Å². The second-order valence-electron chi connectivity index (χ2n) is 7.34. The van der Waals surface area contributed by atoms with E-state index in [-0.39, 0.29) is 5.78 Å². The maximum Gasteiger partial charge on any atom is 0.326 e. The molecule has 0 saturated carbocycles. The fourth-order valence-electron chi connectivity index (χ4n) is 3.36. The van der Waals surface area contributed by atoms with Crippen LogP contribution >= 0.6 is 0 Å². The first-order valence-electron chi connectivity index (χ1n) is 9.82. The van der Waals surface area contributed by atoms with Crippen LogP contribution in [0.1, 0.15) is 41.8 Å². The molecule has 156 valence electrons. The van der Waals surface area contributed by atoms with E-state index < -0.39 is 36.6 Å². The number of esters is 1. The van der Waals surface area contributed by atoms with Crippen molar-refractivity contribution in [3.05, 3.63) is 71.3 Å². The highest BCUT2D eigenvalue weighted by Crippen LogP contribution is 2.28. The maximum atomic E-state index is 12.8. The van der Waals surface area contributed by atoms with Gasteiger partial charge in [0.15, 0.2) is 12.4 Å². The van der Waals surface area contributed by atoms with Crippen LogP contribution in [0.5, 0.6) is 0 Å². The van der Waals surface area contributed by atoms with E-state index in [1.807, 2.05) is 12.1 Å². The zero-order valence-corrected chi connectivity index (χ0v) is 17.0. The van der Waals surface area contributed by atoms with Gasteiger partial charge in [0.05, 0.1) is 0 Å². The number of ether oxygens (including phenoxy) is 1. The number of imide groups is 1. The Morgan fingerprint density at radius 2 is 1.70 bits per heavy atom. The van der Waals surface area contributed by atoms with E-state index in [2.05, 4.69) is 12.2 Å². The molecule has 0 radical (unpaired) electrons. The van der Waals surface area contributed by atoms with Crippen molar-refractivity contribution in [3.8, 4) is 0 Å². The van der Waals surface area contributed by atoms with E-state index >= 15 is 0 Å². The average molecular weight is 408 g/mol. The Hall–Kier alpha value is -3.48. The molecule has 1 saturated heterocycles. The number of carbonyl (C=O) groups excluding carboxylic acids is 4. The second-order valence-corrected chi connectivity index (χ2v) is 7.34. The number of aryl methyl sites for hydroxylation is 1. The van der Waals surface area contributed by atoms with Gasteiger partial charge in [0, 0.05) is 5.56 Å². The summed E-state index contributed by atoms with van der Waals surface area (Å²) in [4.78, 5) is 50.3. The molecule has 1 atom stereocenters. The Kier molecular flexibility index (Phi) is 6.30. The van der Waals surface area contributed by atoms with Crippen LogP contribution in [0.15, 0.2) is 54.6 Å². The SMILES string of the molecule is CCCc1ccc(C(=O)COC(=O)CN2C(=O)N[C@@](C)(c3ccccc3)C2=O)cc1. The molecule has 1 aliphatic heterocycles. The first-order valence-corrected chi connectivity index (χ1v) is 9.82. The molecule has 1 heterocycles. The molecule has 1 N–H and O–H groups in total. The summed E-state index contributed by atoms with van der Waals surface area (Å²) < 4.78 is 5.01. The molecule has 0 aliphatic carbocycles. The highest BCUT2D eigenvalue weighted by molar-refractivity contribution is 6.09. The summed E-state index contributed by atoms with van der Waals surface area (Å²) in [5, 5.41) is 2.62. The minimum atomic E-state index is -1.26. The smallest absolute Gasteiger partial charge is 0.326 e. The molecule has 3 rings (SSSR count). The van der Waals surface area contributed by atoms with Crippen LogP contribution in [0.25, 0.3) is 0 Å². The monoisotopic (exact) mass is 408 g/mol. The van der Waals surface area contributed by atoms with Crippen molar-refractivity contribution in [2.75, 3.05) is 13.2 Å². The molecule has 0 unspecified atom stereocenters. The number of urea groups is 1. The van der Waals surface area contributed by atoms with Gasteiger partial charge in [-0.2, -0.15) is 0 Å². The minimum Gasteiger partial charge on any atom is -0.456 e. The lowest BCUT2D eigenvalue weighted by molar-refractivity contribution is -0.146. The molecule has 1 fully saturated rings. The highest BCUT2D eigenvalue weighted by Gasteiger charge is 2.49. The molecular weight excluding hydrogens is 384 g/mol. The third-order valence-corrected chi connectivity index (χ3v) is 5.09. The summed E-state index contributed by atoms with van der Waals surface area (Å²) in [5.41, 5.74) is 0.926. The largest absolute Gasteiger partial charge is 0.456 e. The lowest BCUT2D eigenvalue weighted by Gasteiger charge is -2.21. The normalized spacial score (nSPS) is 18.3. The summed E-state index contributed by atoms with van der Waals surface area (Å²) in [6.07, 6.45) is 1.94. The number of nitrogens with zero attached hydrogens (tertiary/aromatic N) is 1.